The average Bonchev–Trinajstić information content (AvgIpc) is 3.41. The number of hydrogen-bond donors (Lipinski definition) is 0. The average molecular weight is 960 g/mol. The molecule has 0 bridgehead atoms. The lowest BCUT2D eigenvalue weighted by Crippen LogP contribution is -2.33. The monoisotopic (exact) mass is 959 g/mol. The van der Waals surface area contributed by atoms with Gasteiger partial charge in [0.15, 0.2) is 0 Å². The number of hydrogen-bond acceptors (Lipinski definition) is 9. The van der Waals surface area contributed by atoms with Crippen molar-refractivity contribution >= 4 is 108 Å². The Kier molecular flexibility index (Phi) is 12.5. The fraction of sp³-hybridized carbons (Fsp3) is 0.203. The Morgan fingerprint density at radius 2 is 1.10 bits per heavy atom. The molecule has 348 valence electrons. The molecule has 0 radical (unpaired) electrons. The van der Waals surface area contributed by atoms with Gasteiger partial charge in [0, 0.05) is 64.4 Å². The molecule has 0 N–H and O–H groups in total. The van der Waals surface area contributed by atoms with Crippen LogP contribution in [0.3, 0.4) is 0 Å². The molecular formula is C59H41N7O5S. The molecule has 7 aromatic carbocycles. The first-order valence-corrected chi connectivity index (χ1v) is 24.7. The topological polar surface area (TPSA) is 171 Å². The first-order chi connectivity index (χ1) is 35.2. The zero-order valence-corrected chi connectivity index (χ0v) is 39.9. The number of rotatable bonds is 12. The van der Waals surface area contributed by atoms with Crippen LogP contribution in [0.1, 0.15) is 87.8 Å². The minimum Gasteiger partial charge on any atom is -0.467 e. The quantitative estimate of drug-likeness (QED) is 0.0504. The molecule has 72 heavy (non-hydrogen) atoms. The maximum Gasteiger partial charge on any atom is 0.266 e. The second-order valence-electron chi connectivity index (χ2n) is 17.9. The highest BCUT2D eigenvalue weighted by Crippen LogP contribution is 2.46. The molecule has 12 nitrogen and oxygen atoms in total. The van der Waals surface area contributed by atoms with Crippen LogP contribution in [0.2, 0.25) is 0 Å². The van der Waals surface area contributed by atoms with Gasteiger partial charge in [-0.1, -0.05) is 101 Å². The number of aromatic nitrogens is 2. The summed E-state index contributed by atoms with van der Waals surface area (Å²) in [4.78, 5) is 61.7. The van der Waals surface area contributed by atoms with Crippen molar-refractivity contribution in [2.45, 2.75) is 77.7 Å². The third-order valence-electron chi connectivity index (χ3n) is 13.7. The molecule has 11 rings (SSSR count). The van der Waals surface area contributed by atoms with Gasteiger partial charge < -0.3 is 4.42 Å². The van der Waals surface area contributed by atoms with Crippen LogP contribution in [-0.2, 0) is 6.54 Å². The molecule has 4 heterocycles. The Bertz CT molecular complexity index is 4430. The smallest absolute Gasteiger partial charge is 0.266 e. The molecule has 0 aliphatic rings. The molecule has 11 aromatic rings. The second kappa shape index (κ2) is 19.3. The molecule has 0 unspecified atom stereocenters. The van der Waals surface area contributed by atoms with Crippen molar-refractivity contribution in [2.75, 3.05) is 0 Å². The van der Waals surface area contributed by atoms with E-state index in [-0.39, 0.29) is 38.8 Å². The number of nitrogens with zero attached hydrogens (tertiary/aromatic N) is 7. The van der Waals surface area contributed by atoms with Crippen LogP contribution in [0.15, 0.2) is 121 Å². The molecule has 0 spiro atoms. The molecule has 4 aromatic heterocycles. The van der Waals surface area contributed by atoms with Crippen LogP contribution < -0.4 is 22.2 Å². The van der Waals surface area contributed by atoms with E-state index in [1.807, 2.05) is 18.2 Å². The largest absolute Gasteiger partial charge is 0.467 e. The van der Waals surface area contributed by atoms with Crippen LogP contribution in [0.5, 0.6) is 0 Å². The number of para-hydroxylation sites is 2. The number of pyridine rings is 2. The highest BCUT2D eigenvalue weighted by Gasteiger charge is 2.26. The molecule has 0 amide bonds. The standard InChI is InChI=1S/C32H31N3O3.C27H10N4O2S/c1-3-4-5-6-7-8-9-10-11-14-17-35-31(36)23-18-21(20-33)27-22-15-12-13-16-26(22)38-30-25(34-2)19-24(32(35)37)28(23)29(27)30;1-30-20-11-19-23-18(26(32)31(27(19)33)16-5-3-2-4-6-16)10-15(13-29)22-17-9-14(12-28)7-8-21(17)34-25(20)24(22)23/h12-13,15-16,18-19H,3-11,14,17H2,1H3;2-11H. The summed E-state index contributed by atoms with van der Waals surface area (Å²) in [5, 5.41) is 35.2. The van der Waals surface area contributed by atoms with Gasteiger partial charge in [-0.2, -0.15) is 15.8 Å². The molecule has 0 aliphatic heterocycles. The van der Waals surface area contributed by atoms with E-state index < -0.39 is 11.1 Å². The first kappa shape index (κ1) is 46.5. The Hall–Kier alpha value is -9.19. The highest BCUT2D eigenvalue weighted by molar-refractivity contribution is 7.25. The molecule has 0 saturated carbocycles. The molecule has 0 atom stereocenters. The lowest BCUT2D eigenvalue weighted by atomic mass is 9.92. The van der Waals surface area contributed by atoms with Gasteiger partial charge in [-0.3, -0.25) is 23.7 Å². The zero-order valence-electron chi connectivity index (χ0n) is 39.1. The maximum atomic E-state index is 13.6. The van der Waals surface area contributed by atoms with Gasteiger partial charge in [-0.05, 0) is 72.5 Å². The molecule has 13 heteroatoms. The third-order valence-corrected chi connectivity index (χ3v) is 14.9. The predicted molar refractivity (Wildman–Crippen MR) is 286 cm³/mol. The van der Waals surface area contributed by atoms with Crippen molar-refractivity contribution < 1.29 is 4.42 Å². The van der Waals surface area contributed by atoms with Crippen LogP contribution in [-0.4, -0.2) is 9.13 Å². The zero-order chi connectivity index (χ0) is 50.2. The number of benzene rings is 7. The highest BCUT2D eigenvalue weighted by atomic mass is 32.1. The summed E-state index contributed by atoms with van der Waals surface area (Å²) in [6.07, 6.45) is 11.6. The first-order valence-electron chi connectivity index (χ1n) is 23.9. The Morgan fingerprint density at radius 1 is 0.542 bits per heavy atom. The molecule has 0 aliphatic carbocycles. The molecule has 0 fully saturated rings. The van der Waals surface area contributed by atoms with Crippen molar-refractivity contribution in [3.63, 3.8) is 0 Å². The third kappa shape index (κ3) is 7.63. The number of nitriles is 3. The van der Waals surface area contributed by atoms with Crippen LogP contribution in [0, 0.1) is 47.1 Å². The van der Waals surface area contributed by atoms with Crippen LogP contribution in [0.25, 0.3) is 101 Å². The van der Waals surface area contributed by atoms with Gasteiger partial charge in [-0.25, -0.2) is 14.3 Å². The van der Waals surface area contributed by atoms with Crippen LogP contribution >= 0.6 is 11.3 Å². The summed E-state index contributed by atoms with van der Waals surface area (Å²) in [5.74, 6) is 0. The predicted octanol–water partition coefficient (Wildman–Crippen LogP) is 13.8. The van der Waals surface area contributed by atoms with E-state index in [0.29, 0.717) is 93.1 Å². The summed E-state index contributed by atoms with van der Waals surface area (Å²) in [5.41, 5.74) is 0.945. The fourth-order valence-electron chi connectivity index (χ4n) is 10.3. The van der Waals surface area contributed by atoms with Gasteiger partial charge in [-0.15, -0.1) is 11.3 Å². The van der Waals surface area contributed by atoms with Crippen LogP contribution in [0.4, 0.5) is 11.4 Å². The van der Waals surface area contributed by atoms with E-state index in [4.69, 9.17) is 17.6 Å². The summed E-state index contributed by atoms with van der Waals surface area (Å²) < 4.78 is 9.91. The maximum absolute atomic E-state index is 13.6. The summed E-state index contributed by atoms with van der Waals surface area (Å²) in [7, 11) is 0. The fourth-order valence-corrected chi connectivity index (χ4v) is 11.5. The Morgan fingerprint density at radius 3 is 1.74 bits per heavy atom. The van der Waals surface area contributed by atoms with Gasteiger partial charge in [0.25, 0.3) is 22.2 Å². The van der Waals surface area contributed by atoms with Gasteiger partial charge in [0.1, 0.15) is 11.2 Å². The second-order valence-corrected chi connectivity index (χ2v) is 19.0. The van der Waals surface area contributed by atoms with Gasteiger partial charge in [0.2, 0.25) is 11.4 Å². The van der Waals surface area contributed by atoms with E-state index in [1.54, 1.807) is 60.7 Å². The molecular weight excluding hydrogens is 919 g/mol. The number of unbranched alkanes of at least 4 members (excludes halogenated alkanes) is 9. The van der Waals surface area contributed by atoms with E-state index in [2.05, 4.69) is 34.8 Å². The summed E-state index contributed by atoms with van der Waals surface area (Å²) >= 11 is 1.35. The van der Waals surface area contributed by atoms with Crippen molar-refractivity contribution in [3.8, 4) is 23.9 Å². The minimum absolute atomic E-state index is 0.200. The lowest BCUT2D eigenvalue weighted by Gasteiger charge is -2.16. The van der Waals surface area contributed by atoms with E-state index in [0.717, 1.165) is 28.5 Å². The summed E-state index contributed by atoms with van der Waals surface area (Å²) in [6.45, 7) is 18.1. The summed E-state index contributed by atoms with van der Waals surface area (Å²) in [6, 6.07) is 33.9. The molecule has 0 saturated heterocycles. The van der Waals surface area contributed by atoms with Crippen molar-refractivity contribution in [2.24, 2.45) is 0 Å². The van der Waals surface area contributed by atoms with Crippen molar-refractivity contribution in [1.29, 1.82) is 15.8 Å². The normalized spacial score (nSPS) is 11.3. The van der Waals surface area contributed by atoms with Gasteiger partial charge >= 0.3 is 0 Å². The van der Waals surface area contributed by atoms with Crippen molar-refractivity contribution in [3.05, 3.63) is 178 Å². The van der Waals surface area contributed by atoms with E-state index >= 15 is 0 Å². The Balaban J connectivity index is 0.000000167. The van der Waals surface area contributed by atoms with Crippen molar-refractivity contribution in [1.82, 2.24) is 9.13 Å². The Labute approximate surface area is 415 Å². The number of fused-ring (bicyclic) bond motifs is 4. The van der Waals surface area contributed by atoms with E-state index in [9.17, 15) is 35.0 Å². The lowest BCUT2D eigenvalue weighted by molar-refractivity contribution is 0.527. The SMILES string of the molecule is [C-]#[N+]c1cc2c(=O)n(-c3ccccc3)c(=O)c3cc(C#N)c4c5cc(C#N)ccc5sc1c4c23.[C-]#[N+]c1cc2c(=O)n(CCCCCCCCCCCC)c(=O)c3cc(C#N)c4c5ccccc5oc1c4c23. The van der Waals surface area contributed by atoms with Gasteiger partial charge in [0.05, 0.1) is 64.5 Å². The van der Waals surface area contributed by atoms with E-state index in [1.165, 1.54) is 79.0 Å². The minimum atomic E-state index is -0.519.